The quantitative estimate of drug-likeness (QED) is 0.0183. The van der Waals surface area contributed by atoms with Gasteiger partial charge in [-0.2, -0.15) is 0 Å². The van der Waals surface area contributed by atoms with E-state index in [0.29, 0.717) is 17.5 Å². The second-order valence-electron chi connectivity index (χ2n) is 19.0. The Balaban J connectivity index is 1.22. The molecule has 0 aliphatic carbocycles. The lowest BCUT2D eigenvalue weighted by Gasteiger charge is -2.51. The zero-order valence-electron chi connectivity index (χ0n) is 44.1. The van der Waals surface area contributed by atoms with Crippen molar-refractivity contribution in [3.8, 4) is 0 Å². The van der Waals surface area contributed by atoms with Gasteiger partial charge in [0.05, 0.1) is 49.3 Å². The van der Waals surface area contributed by atoms with E-state index in [2.05, 4.69) is 20.1 Å². The van der Waals surface area contributed by atoms with Crippen molar-refractivity contribution < 1.29 is 71.2 Å². The van der Waals surface area contributed by atoms with Crippen LogP contribution in [0, 0.1) is 5.92 Å². The molecule has 15 atom stereocenters. The molecule has 21 nitrogen and oxygen atoms in total. The fourth-order valence-corrected chi connectivity index (χ4v) is 9.73. The molecule has 416 valence electrons. The second-order valence-corrected chi connectivity index (χ2v) is 19.0. The summed E-state index contributed by atoms with van der Waals surface area (Å²) in [6.07, 6.45) is -14.4. The number of benzene rings is 5. The molecule has 0 aromatic heterocycles. The molecule has 3 fully saturated rings. The lowest BCUT2D eigenvalue weighted by molar-refractivity contribution is -0.369. The zero-order chi connectivity index (χ0) is 55.5. The smallest absolute Gasteiger partial charge is 0.338 e. The van der Waals surface area contributed by atoms with Gasteiger partial charge in [-0.1, -0.05) is 151 Å². The Kier molecular flexibility index (Phi) is 21.4. The van der Waals surface area contributed by atoms with Gasteiger partial charge in [0, 0.05) is 29.8 Å². The topological polar surface area (TPSA) is 259 Å². The van der Waals surface area contributed by atoms with Crippen LogP contribution in [0.3, 0.4) is 0 Å². The predicted octanol–water partition coefficient (Wildman–Crippen LogP) is 9.38. The number of azide groups is 2. The van der Waals surface area contributed by atoms with E-state index in [9.17, 15) is 25.4 Å². The van der Waals surface area contributed by atoms with Crippen molar-refractivity contribution in [1.82, 2.24) is 0 Å². The zero-order valence-corrected chi connectivity index (χ0v) is 44.1. The van der Waals surface area contributed by atoms with Gasteiger partial charge in [-0.25, -0.2) is 9.59 Å². The van der Waals surface area contributed by atoms with Crippen LogP contribution in [0.25, 0.3) is 20.9 Å². The average Bonchev–Trinajstić information content (AvgIpc) is 3.53. The molecule has 3 saturated heterocycles. The van der Waals surface area contributed by atoms with Gasteiger partial charge in [-0.15, -0.1) is 0 Å². The third-order valence-corrected chi connectivity index (χ3v) is 13.8. The van der Waals surface area contributed by atoms with E-state index in [-0.39, 0.29) is 32.0 Å². The lowest BCUT2D eigenvalue weighted by Crippen LogP contribution is -2.67. The van der Waals surface area contributed by atoms with Gasteiger partial charge in [0.2, 0.25) is 0 Å². The molecule has 8 unspecified atom stereocenters. The Morgan fingerprint density at radius 2 is 0.937 bits per heavy atom. The standard InChI is InChI=1S/C58H64N6O15/c1-5-43-49(51(47(62-64-60)56(68-4)74-43)71-32-39-23-13-7-14-24-39)79-58-53(77-55(67)42-29-19-10-20-30-42)52(72-33-40-25-15-8-16-26-40)50(45(76-58)35-69-37(3)65)78-57-46(61-63-59)48(70-31-38-21-11-6-12-22-38)36(2)44(75-57)34-73-54(66)41-27-17-9-18-28-41/h6-30,36,43-53,56-58H,5,31-35H2,1-4H3/t36?,43?,44?,45-,46-,47-,48+,49?,50+,51+,52?,53?,56?,57?,58-/m0/s1. The van der Waals surface area contributed by atoms with Gasteiger partial charge in [-0.3, -0.25) is 4.79 Å². The largest absolute Gasteiger partial charge is 0.463 e. The van der Waals surface area contributed by atoms with Crippen molar-refractivity contribution in [2.75, 3.05) is 20.3 Å². The first-order valence-electron chi connectivity index (χ1n) is 26.1. The number of esters is 3. The number of carbonyl (C=O) groups excluding carboxylic acids is 3. The van der Waals surface area contributed by atoms with Gasteiger partial charge in [-0.05, 0) is 58.4 Å². The first-order valence-corrected chi connectivity index (χ1v) is 26.1. The van der Waals surface area contributed by atoms with E-state index in [1.165, 1.54) is 14.0 Å². The summed E-state index contributed by atoms with van der Waals surface area (Å²) in [5, 5.41) is 8.31. The van der Waals surface area contributed by atoms with Crippen LogP contribution in [-0.4, -0.2) is 124 Å². The molecule has 0 bridgehead atoms. The van der Waals surface area contributed by atoms with E-state index < -0.39 is 116 Å². The van der Waals surface area contributed by atoms with E-state index in [4.69, 9.17) is 56.8 Å². The van der Waals surface area contributed by atoms with Crippen LogP contribution in [0.5, 0.6) is 0 Å². The molecule has 0 spiro atoms. The number of ether oxygens (including phenoxy) is 12. The number of rotatable bonds is 24. The Labute approximate surface area is 457 Å². The van der Waals surface area contributed by atoms with Crippen LogP contribution in [0.4, 0.5) is 0 Å². The summed E-state index contributed by atoms with van der Waals surface area (Å²) >= 11 is 0. The van der Waals surface area contributed by atoms with Crippen LogP contribution in [-0.2, 0) is 81.5 Å². The molecular formula is C58H64N6O15. The minimum absolute atomic E-state index is 0.0519. The Bertz CT molecular complexity index is 2800. The van der Waals surface area contributed by atoms with Gasteiger partial charge < -0.3 is 56.8 Å². The highest BCUT2D eigenvalue weighted by Crippen LogP contribution is 2.40. The van der Waals surface area contributed by atoms with Crippen LogP contribution >= 0.6 is 0 Å². The summed E-state index contributed by atoms with van der Waals surface area (Å²) in [7, 11) is 1.42. The maximum Gasteiger partial charge on any atom is 0.338 e. The molecule has 5 aromatic rings. The molecule has 3 heterocycles. The predicted molar refractivity (Wildman–Crippen MR) is 282 cm³/mol. The summed E-state index contributed by atoms with van der Waals surface area (Å²) in [4.78, 5) is 47.1. The van der Waals surface area contributed by atoms with E-state index >= 15 is 0 Å². The molecule has 8 rings (SSSR count). The molecule has 3 aliphatic rings. The minimum Gasteiger partial charge on any atom is -0.463 e. The summed E-state index contributed by atoms with van der Waals surface area (Å²) in [6, 6.07) is 42.3. The SMILES string of the molecule is CCC1OC(OC)[C@@H](N=[N+]=[N-])[C@@H](OCc2ccccc2)C1O[C@@H]1O[C@@H](COC(C)=O)[C@@H](OC2OC(COC(=O)c3ccccc3)C(C)[C@@H](OCc3ccccc3)[C@@H]2N=[N+]=[N-])C(OCc2ccccc2)C1OC(=O)c1ccccc1. The number of hydrogen-bond acceptors (Lipinski definition) is 17. The molecular weight excluding hydrogens is 1020 g/mol. The summed E-state index contributed by atoms with van der Waals surface area (Å²) in [6.45, 7) is 4.19. The first kappa shape index (κ1) is 57.9. The van der Waals surface area contributed by atoms with Gasteiger partial charge >= 0.3 is 17.9 Å². The van der Waals surface area contributed by atoms with Gasteiger partial charge in [0.15, 0.2) is 25.0 Å². The minimum atomic E-state index is -1.60. The van der Waals surface area contributed by atoms with Crippen molar-refractivity contribution in [2.45, 2.75) is 133 Å². The third kappa shape index (κ3) is 15.3. The maximum atomic E-state index is 14.5. The number of carbonyl (C=O) groups is 3. The highest BCUT2D eigenvalue weighted by atomic mass is 16.8. The average molecular weight is 1090 g/mol. The van der Waals surface area contributed by atoms with Crippen molar-refractivity contribution in [1.29, 1.82) is 0 Å². The van der Waals surface area contributed by atoms with E-state index in [1.807, 2.05) is 105 Å². The van der Waals surface area contributed by atoms with Gasteiger partial charge in [0.25, 0.3) is 0 Å². The number of hydrogen-bond donors (Lipinski definition) is 0. The number of methoxy groups -OCH3 is 1. The fraction of sp³-hybridized carbons (Fsp3) is 0.431. The Hall–Kier alpha value is -7.23. The molecule has 0 amide bonds. The van der Waals surface area contributed by atoms with Crippen molar-refractivity contribution in [3.63, 3.8) is 0 Å². The molecule has 21 heteroatoms. The highest BCUT2D eigenvalue weighted by Gasteiger charge is 2.57. The highest BCUT2D eigenvalue weighted by molar-refractivity contribution is 5.89. The third-order valence-electron chi connectivity index (χ3n) is 13.8. The summed E-state index contributed by atoms with van der Waals surface area (Å²) in [5.41, 5.74) is 23.0. The van der Waals surface area contributed by atoms with Crippen molar-refractivity contribution >= 4 is 17.9 Å². The molecule has 0 N–H and O–H groups in total. The molecule has 5 aromatic carbocycles. The van der Waals surface area contributed by atoms with E-state index in [1.54, 1.807) is 60.7 Å². The Morgan fingerprint density at radius 3 is 1.44 bits per heavy atom. The molecule has 0 radical (unpaired) electrons. The second kappa shape index (κ2) is 29.1. The van der Waals surface area contributed by atoms with Crippen LogP contribution in [0.1, 0.15) is 64.6 Å². The summed E-state index contributed by atoms with van der Waals surface area (Å²) < 4.78 is 78.1. The van der Waals surface area contributed by atoms with Crippen LogP contribution in [0.15, 0.2) is 162 Å². The molecule has 3 aliphatic heterocycles. The Morgan fingerprint density at radius 1 is 0.506 bits per heavy atom. The van der Waals surface area contributed by atoms with Crippen molar-refractivity contribution in [3.05, 3.63) is 200 Å². The summed E-state index contributed by atoms with van der Waals surface area (Å²) in [5.74, 6) is -2.67. The molecule has 79 heavy (non-hydrogen) atoms. The van der Waals surface area contributed by atoms with Crippen LogP contribution in [0.2, 0.25) is 0 Å². The van der Waals surface area contributed by atoms with Gasteiger partial charge in [0.1, 0.15) is 55.8 Å². The first-order chi connectivity index (χ1) is 38.6. The van der Waals surface area contributed by atoms with Crippen molar-refractivity contribution in [2.24, 2.45) is 16.1 Å². The maximum absolute atomic E-state index is 14.5. The molecule has 0 saturated carbocycles. The fourth-order valence-electron chi connectivity index (χ4n) is 9.73. The number of nitrogens with zero attached hydrogens (tertiary/aromatic N) is 6. The van der Waals surface area contributed by atoms with Crippen LogP contribution < -0.4 is 0 Å². The lowest BCUT2D eigenvalue weighted by atomic mass is 9.89. The van der Waals surface area contributed by atoms with E-state index in [0.717, 1.165) is 11.1 Å². The monoisotopic (exact) mass is 1080 g/mol. The normalized spacial score (nSPS) is 28.5.